The summed E-state index contributed by atoms with van der Waals surface area (Å²) in [6.07, 6.45) is 5.09. The maximum atomic E-state index is 12.9. The summed E-state index contributed by atoms with van der Waals surface area (Å²) in [5, 5.41) is 6.92. The lowest BCUT2D eigenvalue weighted by molar-refractivity contribution is 0.102. The average Bonchev–Trinajstić information content (AvgIpc) is 3.34. The Hall–Kier alpha value is -3.81. The number of pyridine rings is 1. The Balaban J connectivity index is 1.42. The number of aromatic nitrogens is 4. The maximum Gasteiger partial charge on any atom is 0.274 e. The van der Waals surface area contributed by atoms with Crippen LogP contribution < -0.4 is 5.32 Å². The number of benzene rings is 1. The highest BCUT2D eigenvalue weighted by Crippen LogP contribution is 2.35. The van der Waals surface area contributed by atoms with Crippen LogP contribution in [-0.2, 0) is 0 Å². The van der Waals surface area contributed by atoms with Crippen molar-refractivity contribution < 1.29 is 13.7 Å². The van der Waals surface area contributed by atoms with Crippen molar-refractivity contribution in [2.24, 2.45) is 0 Å². The lowest BCUT2D eigenvalue weighted by Gasteiger charge is -2.14. The van der Waals surface area contributed by atoms with Crippen LogP contribution in [0.1, 0.15) is 34.3 Å². The Labute approximate surface area is 164 Å². The van der Waals surface area contributed by atoms with Gasteiger partial charge in [0.15, 0.2) is 0 Å². The Bertz CT molecular complexity index is 1270. The molecule has 0 saturated carbocycles. The summed E-state index contributed by atoms with van der Waals surface area (Å²) < 4.78 is 19.9. The summed E-state index contributed by atoms with van der Waals surface area (Å²) in [4.78, 5) is 21.4. The lowest BCUT2D eigenvalue weighted by Crippen LogP contribution is -2.15. The van der Waals surface area contributed by atoms with Crippen LogP contribution in [0.2, 0.25) is 0 Å². The molecule has 1 aromatic carbocycles. The van der Waals surface area contributed by atoms with Gasteiger partial charge < -0.3 is 9.84 Å². The molecule has 5 rings (SSSR count). The summed E-state index contributed by atoms with van der Waals surface area (Å²) in [6.45, 7) is 1.90. The predicted molar refractivity (Wildman–Crippen MR) is 104 cm³/mol. The number of allylic oxidation sites excluding steroid dienone is 2. The summed E-state index contributed by atoms with van der Waals surface area (Å²) in [5.74, 6) is 0.177. The quantitative estimate of drug-likeness (QED) is 0.563. The first-order valence-corrected chi connectivity index (χ1v) is 9.13. The van der Waals surface area contributed by atoms with Gasteiger partial charge in [0.25, 0.3) is 5.91 Å². The van der Waals surface area contributed by atoms with E-state index in [0.717, 1.165) is 5.56 Å². The van der Waals surface area contributed by atoms with Gasteiger partial charge in [0.05, 0.1) is 17.9 Å². The summed E-state index contributed by atoms with van der Waals surface area (Å²) in [7, 11) is 0. The first-order chi connectivity index (χ1) is 14.1. The van der Waals surface area contributed by atoms with Crippen LogP contribution in [-0.4, -0.2) is 25.4 Å². The highest BCUT2D eigenvalue weighted by Gasteiger charge is 2.26. The standard InChI is InChI=1S/C21H16FN5O2/c1-12-5-6-13(19-25-21(29-26-19)14-8-15(22)9-14)10-16(12)24-20(28)17-11-23-18-4-2-3-7-27(17)18/h2-8,10-11,14H,9H2,1H3,(H,24,28)/t14-/m0/s1. The van der Waals surface area contributed by atoms with Gasteiger partial charge in [-0.1, -0.05) is 23.4 Å². The number of nitrogens with one attached hydrogen (secondary N) is 1. The van der Waals surface area contributed by atoms with Gasteiger partial charge in [-0.15, -0.1) is 0 Å². The Morgan fingerprint density at radius 3 is 3.00 bits per heavy atom. The molecule has 1 aliphatic rings. The number of imidazole rings is 1. The van der Waals surface area contributed by atoms with Gasteiger partial charge in [-0.25, -0.2) is 9.37 Å². The van der Waals surface area contributed by atoms with Crippen LogP contribution >= 0.6 is 0 Å². The minimum atomic E-state index is -0.271. The number of amides is 1. The largest absolute Gasteiger partial charge is 0.338 e. The Morgan fingerprint density at radius 1 is 1.31 bits per heavy atom. The number of hydrogen-bond acceptors (Lipinski definition) is 5. The minimum absolute atomic E-state index is 0.164. The van der Waals surface area contributed by atoms with Crippen molar-refractivity contribution in [1.82, 2.24) is 19.5 Å². The number of aryl methyl sites for hydroxylation is 1. The zero-order valence-corrected chi connectivity index (χ0v) is 15.5. The Morgan fingerprint density at radius 2 is 2.17 bits per heavy atom. The molecule has 144 valence electrons. The molecular formula is C21H16FN5O2. The molecule has 0 saturated heterocycles. The molecule has 4 aromatic rings. The first-order valence-electron chi connectivity index (χ1n) is 9.13. The van der Waals surface area contributed by atoms with Crippen LogP contribution in [0.5, 0.6) is 0 Å². The normalized spacial score (nSPS) is 15.8. The minimum Gasteiger partial charge on any atom is -0.338 e. The first kappa shape index (κ1) is 17.3. The van der Waals surface area contributed by atoms with Gasteiger partial charge in [0.1, 0.15) is 11.3 Å². The molecule has 0 bridgehead atoms. The molecule has 3 aromatic heterocycles. The second-order valence-electron chi connectivity index (χ2n) is 6.94. The van der Waals surface area contributed by atoms with Crippen LogP contribution in [0, 0.1) is 6.92 Å². The van der Waals surface area contributed by atoms with Crippen molar-refractivity contribution in [3.63, 3.8) is 0 Å². The number of carbonyl (C=O) groups excluding carboxylic acids is 1. The molecule has 0 fully saturated rings. The van der Waals surface area contributed by atoms with Crippen LogP contribution in [0.25, 0.3) is 17.0 Å². The van der Waals surface area contributed by atoms with E-state index < -0.39 is 0 Å². The molecule has 7 nitrogen and oxygen atoms in total. The van der Waals surface area contributed by atoms with Crippen molar-refractivity contribution in [3.8, 4) is 11.4 Å². The lowest BCUT2D eigenvalue weighted by atomic mass is 9.94. The van der Waals surface area contributed by atoms with E-state index in [9.17, 15) is 9.18 Å². The number of fused-ring (bicyclic) bond motifs is 1. The van der Waals surface area contributed by atoms with Crippen molar-refractivity contribution in [2.45, 2.75) is 19.3 Å². The van der Waals surface area contributed by atoms with E-state index >= 15 is 0 Å². The van der Waals surface area contributed by atoms with E-state index in [1.165, 1.54) is 6.08 Å². The van der Waals surface area contributed by atoms with E-state index in [1.54, 1.807) is 22.9 Å². The van der Waals surface area contributed by atoms with E-state index in [0.29, 0.717) is 34.3 Å². The second kappa shape index (κ2) is 6.66. The predicted octanol–water partition coefficient (Wildman–Crippen LogP) is 4.29. The molecule has 0 radical (unpaired) electrons. The number of anilines is 1. The molecule has 1 aliphatic carbocycles. The highest BCUT2D eigenvalue weighted by atomic mass is 19.1. The maximum absolute atomic E-state index is 12.9. The topological polar surface area (TPSA) is 85.3 Å². The third kappa shape index (κ3) is 3.08. The number of halogens is 1. The van der Waals surface area contributed by atoms with Crippen LogP contribution in [0.4, 0.5) is 10.1 Å². The molecule has 1 amide bonds. The SMILES string of the molecule is Cc1ccc(-c2noc([C@H]3C=C(F)C3)n2)cc1NC(=O)c1cnc2ccccn12. The van der Waals surface area contributed by atoms with Crippen molar-refractivity contribution in [3.05, 3.63) is 77.8 Å². The van der Waals surface area contributed by atoms with Crippen LogP contribution in [0.15, 0.2) is 65.2 Å². The molecule has 1 atom stereocenters. The monoisotopic (exact) mass is 389 g/mol. The van der Waals surface area contributed by atoms with E-state index in [2.05, 4.69) is 20.4 Å². The van der Waals surface area contributed by atoms with E-state index in [1.807, 2.05) is 37.3 Å². The summed E-state index contributed by atoms with van der Waals surface area (Å²) in [6, 6.07) is 11.1. The van der Waals surface area contributed by atoms with Crippen molar-refractivity contribution in [2.75, 3.05) is 5.32 Å². The van der Waals surface area contributed by atoms with Gasteiger partial charge >= 0.3 is 0 Å². The van der Waals surface area contributed by atoms with Gasteiger partial charge in [0, 0.05) is 23.9 Å². The van der Waals surface area contributed by atoms with Gasteiger partial charge in [-0.05, 0) is 36.8 Å². The molecule has 0 aliphatic heterocycles. The summed E-state index contributed by atoms with van der Waals surface area (Å²) >= 11 is 0. The molecule has 1 N–H and O–H groups in total. The van der Waals surface area contributed by atoms with E-state index in [-0.39, 0.29) is 24.1 Å². The molecule has 0 unspecified atom stereocenters. The third-order valence-corrected chi connectivity index (χ3v) is 4.95. The summed E-state index contributed by atoms with van der Waals surface area (Å²) in [5.41, 5.74) is 3.36. The molecule has 29 heavy (non-hydrogen) atoms. The average molecular weight is 389 g/mol. The number of nitrogens with zero attached hydrogens (tertiary/aromatic N) is 4. The van der Waals surface area contributed by atoms with Gasteiger partial charge in [-0.2, -0.15) is 4.98 Å². The van der Waals surface area contributed by atoms with Crippen molar-refractivity contribution in [1.29, 1.82) is 0 Å². The Kier molecular flexibility index (Phi) is 3.97. The molecule has 0 spiro atoms. The third-order valence-electron chi connectivity index (χ3n) is 4.95. The van der Waals surface area contributed by atoms with Crippen molar-refractivity contribution >= 4 is 17.2 Å². The zero-order valence-electron chi connectivity index (χ0n) is 15.5. The fourth-order valence-corrected chi connectivity index (χ4v) is 3.24. The second-order valence-corrected chi connectivity index (χ2v) is 6.94. The van der Waals surface area contributed by atoms with Crippen LogP contribution in [0.3, 0.4) is 0 Å². The van der Waals surface area contributed by atoms with Gasteiger partial charge in [-0.3, -0.25) is 9.20 Å². The van der Waals surface area contributed by atoms with E-state index in [4.69, 9.17) is 4.52 Å². The van der Waals surface area contributed by atoms with Gasteiger partial charge in [0.2, 0.25) is 11.7 Å². The number of rotatable bonds is 4. The highest BCUT2D eigenvalue weighted by molar-refractivity contribution is 6.04. The molecule has 8 heteroatoms. The number of hydrogen-bond donors (Lipinski definition) is 1. The molecular weight excluding hydrogens is 373 g/mol. The smallest absolute Gasteiger partial charge is 0.274 e. The fraction of sp³-hybridized carbons (Fsp3) is 0.143. The fourth-order valence-electron chi connectivity index (χ4n) is 3.24. The molecule has 3 heterocycles. The number of carbonyl (C=O) groups is 1. The zero-order chi connectivity index (χ0) is 20.0.